The standard InChI is InChI=1S/C8H16O2/c1-2-10-8-5-3-7(9)4-6-8/h7-9H,2-6H2,1H3/t7-,8-. The van der Waals surface area contributed by atoms with Gasteiger partial charge in [-0.05, 0) is 32.6 Å². The van der Waals surface area contributed by atoms with Gasteiger partial charge in [0.2, 0.25) is 0 Å². The second-order valence-corrected chi connectivity index (χ2v) is 2.89. The lowest BCUT2D eigenvalue weighted by Gasteiger charge is -2.24. The summed E-state index contributed by atoms with van der Waals surface area (Å²) < 4.78 is 5.42. The molecule has 1 rings (SSSR count). The van der Waals surface area contributed by atoms with E-state index in [1.54, 1.807) is 0 Å². The minimum absolute atomic E-state index is 0.0586. The fraction of sp³-hybridized carbons (Fsp3) is 1.00. The normalized spacial score (nSPS) is 34.2. The summed E-state index contributed by atoms with van der Waals surface area (Å²) in [5, 5.41) is 9.14. The van der Waals surface area contributed by atoms with Crippen LogP contribution in [0.3, 0.4) is 0 Å². The molecule has 0 unspecified atom stereocenters. The predicted molar refractivity (Wildman–Crippen MR) is 39.9 cm³/mol. The van der Waals surface area contributed by atoms with E-state index < -0.39 is 0 Å². The molecule has 2 nitrogen and oxygen atoms in total. The average Bonchev–Trinajstić information content (AvgIpc) is 1.95. The van der Waals surface area contributed by atoms with Gasteiger partial charge >= 0.3 is 0 Å². The Morgan fingerprint density at radius 2 is 1.90 bits per heavy atom. The molecule has 0 radical (unpaired) electrons. The van der Waals surface area contributed by atoms with Crippen molar-refractivity contribution in [3.63, 3.8) is 0 Å². The van der Waals surface area contributed by atoms with E-state index in [0.29, 0.717) is 6.10 Å². The molecule has 1 N–H and O–H groups in total. The maximum atomic E-state index is 9.14. The van der Waals surface area contributed by atoms with E-state index in [4.69, 9.17) is 9.84 Å². The maximum absolute atomic E-state index is 9.14. The van der Waals surface area contributed by atoms with Crippen molar-refractivity contribution in [2.75, 3.05) is 6.61 Å². The van der Waals surface area contributed by atoms with E-state index in [1.165, 1.54) is 0 Å². The third-order valence-electron chi connectivity index (χ3n) is 2.05. The topological polar surface area (TPSA) is 29.5 Å². The van der Waals surface area contributed by atoms with Crippen LogP contribution in [0.1, 0.15) is 32.6 Å². The minimum Gasteiger partial charge on any atom is -0.393 e. The molecule has 2 heteroatoms. The first-order valence-electron chi connectivity index (χ1n) is 4.12. The van der Waals surface area contributed by atoms with E-state index in [2.05, 4.69) is 0 Å². The first-order valence-corrected chi connectivity index (χ1v) is 4.12. The molecule has 1 fully saturated rings. The third kappa shape index (κ3) is 2.27. The zero-order chi connectivity index (χ0) is 7.40. The predicted octanol–water partition coefficient (Wildman–Crippen LogP) is 1.33. The third-order valence-corrected chi connectivity index (χ3v) is 2.05. The van der Waals surface area contributed by atoms with E-state index in [0.717, 1.165) is 32.3 Å². The zero-order valence-electron chi connectivity index (χ0n) is 6.55. The van der Waals surface area contributed by atoms with Crippen LogP contribution in [0.2, 0.25) is 0 Å². The first-order chi connectivity index (χ1) is 4.83. The van der Waals surface area contributed by atoms with Crippen LogP contribution < -0.4 is 0 Å². The summed E-state index contributed by atoms with van der Waals surface area (Å²) in [6, 6.07) is 0. The van der Waals surface area contributed by atoms with Crippen LogP contribution in [0.25, 0.3) is 0 Å². The molecule has 10 heavy (non-hydrogen) atoms. The van der Waals surface area contributed by atoms with E-state index in [-0.39, 0.29) is 6.10 Å². The lowest BCUT2D eigenvalue weighted by Crippen LogP contribution is -2.24. The van der Waals surface area contributed by atoms with Gasteiger partial charge in [0.15, 0.2) is 0 Å². The van der Waals surface area contributed by atoms with Crippen LogP contribution in [0.4, 0.5) is 0 Å². The van der Waals surface area contributed by atoms with Gasteiger partial charge < -0.3 is 9.84 Å². The molecule has 1 aliphatic rings. The van der Waals surface area contributed by atoms with Crippen LogP contribution in [0.15, 0.2) is 0 Å². The smallest absolute Gasteiger partial charge is 0.0576 e. The van der Waals surface area contributed by atoms with Gasteiger partial charge in [0.05, 0.1) is 12.2 Å². The Bertz CT molecular complexity index is 85.3. The SMILES string of the molecule is CCO[C@H]1CC[C@H](O)CC1. The molecule has 1 aliphatic carbocycles. The highest BCUT2D eigenvalue weighted by Crippen LogP contribution is 2.20. The van der Waals surface area contributed by atoms with Crippen LogP contribution in [0.5, 0.6) is 0 Å². The Balaban J connectivity index is 2.13. The maximum Gasteiger partial charge on any atom is 0.0576 e. The van der Waals surface area contributed by atoms with Gasteiger partial charge in [-0.1, -0.05) is 0 Å². The highest BCUT2D eigenvalue weighted by atomic mass is 16.5. The average molecular weight is 144 g/mol. The molecule has 0 saturated heterocycles. The molecule has 0 heterocycles. The Morgan fingerprint density at radius 1 is 1.30 bits per heavy atom. The summed E-state index contributed by atoms with van der Waals surface area (Å²) >= 11 is 0. The van der Waals surface area contributed by atoms with Crippen molar-refractivity contribution in [2.45, 2.75) is 44.8 Å². The first kappa shape index (κ1) is 8.02. The summed E-state index contributed by atoms with van der Waals surface area (Å²) in [7, 11) is 0. The van der Waals surface area contributed by atoms with Crippen LogP contribution >= 0.6 is 0 Å². The largest absolute Gasteiger partial charge is 0.393 e. The summed E-state index contributed by atoms with van der Waals surface area (Å²) in [6.45, 7) is 2.83. The molecular weight excluding hydrogens is 128 g/mol. The van der Waals surface area contributed by atoms with Crippen molar-refractivity contribution < 1.29 is 9.84 Å². The number of aliphatic hydroxyl groups is 1. The van der Waals surface area contributed by atoms with E-state index in [9.17, 15) is 0 Å². The van der Waals surface area contributed by atoms with Gasteiger partial charge in [0, 0.05) is 6.61 Å². The molecule has 0 aromatic rings. The van der Waals surface area contributed by atoms with Gasteiger partial charge in [-0.2, -0.15) is 0 Å². The molecule has 0 aromatic carbocycles. The fourth-order valence-corrected chi connectivity index (χ4v) is 1.45. The number of rotatable bonds is 2. The van der Waals surface area contributed by atoms with Gasteiger partial charge in [0.25, 0.3) is 0 Å². The van der Waals surface area contributed by atoms with Gasteiger partial charge in [-0.3, -0.25) is 0 Å². The second-order valence-electron chi connectivity index (χ2n) is 2.89. The van der Waals surface area contributed by atoms with Gasteiger partial charge in [0.1, 0.15) is 0 Å². The number of hydrogen-bond acceptors (Lipinski definition) is 2. The molecule has 1 saturated carbocycles. The summed E-state index contributed by atoms with van der Waals surface area (Å²) in [6.07, 6.45) is 4.28. The van der Waals surface area contributed by atoms with Crippen molar-refractivity contribution in [3.8, 4) is 0 Å². The number of hydrogen-bond donors (Lipinski definition) is 1. The van der Waals surface area contributed by atoms with Crippen molar-refractivity contribution >= 4 is 0 Å². The molecule has 0 amide bonds. The highest BCUT2D eigenvalue weighted by molar-refractivity contribution is 4.71. The molecule has 0 aromatic heterocycles. The zero-order valence-corrected chi connectivity index (χ0v) is 6.55. The van der Waals surface area contributed by atoms with Crippen molar-refractivity contribution in [2.24, 2.45) is 0 Å². The Morgan fingerprint density at radius 3 is 2.40 bits per heavy atom. The van der Waals surface area contributed by atoms with E-state index in [1.807, 2.05) is 6.92 Å². The Hall–Kier alpha value is -0.0800. The number of ether oxygens (including phenoxy) is 1. The summed E-state index contributed by atoms with van der Waals surface area (Å²) in [5.74, 6) is 0. The van der Waals surface area contributed by atoms with Gasteiger partial charge in [-0.15, -0.1) is 0 Å². The molecule has 0 atom stereocenters. The number of aliphatic hydroxyl groups excluding tert-OH is 1. The quantitative estimate of drug-likeness (QED) is 0.633. The lowest BCUT2D eigenvalue weighted by molar-refractivity contribution is 0.00256. The van der Waals surface area contributed by atoms with E-state index >= 15 is 0 Å². The summed E-state index contributed by atoms with van der Waals surface area (Å²) in [5.41, 5.74) is 0. The fourth-order valence-electron chi connectivity index (χ4n) is 1.45. The van der Waals surface area contributed by atoms with Crippen LogP contribution in [-0.4, -0.2) is 23.9 Å². The second kappa shape index (κ2) is 3.94. The molecule has 0 spiro atoms. The molecule has 60 valence electrons. The summed E-state index contributed by atoms with van der Waals surface area (Å²) in [4.78, 5) is 0. The van der Waals surface area contributed by atoms with Crippen LogP contribution in [-0.2, 0) is 4.74 Å². The van der Waals surface area contributed by atoms with Crippen molar-refractivity contribution in [3.05, 3.63) is 0 Å². The Kier molecular flexibility index (Phi) is 3.16. The van der Waals surface area contributed by atoms with Crippen LogP contribution in [0, 0.1) is 0 Å². The van der Waals surface area contributed by atoms with Crippen molar-refractivity contribution in [1.82, 2.24) is 0 Å². The minimum atomic E-state index is -0.0586. The molecular formula is C8H16O2. The monoisotopic (exact) mass is 144 g/mol. The molecule has 0 bridgehead atoms. The molecule has 0 aliphatic heterocycles. The van der Waals surface area contributed by atoms with Gasteiger partial charge in [-0.25, -0.2) is 0 Å². The van der Waals surface area contributed by atoms with Crippen molar-refractivity contribution in [1.29, 1.82) is 0 Å². The highest BCUT2D eigenvalue weighted by Gasteiger charge is 2.18. The Labute approximate surface area is 62.2 Å². The lowest BCUT2D eigenvalue weighted by atomic mass is 9.95.